The number of hydrogen-bond acceptors (Lipinski definition) is 5. The molecular weight excluding hydrogens is 498 g/mol. The lowest BCUT2D eigenvalue weighted by Gasteiger charge is -2.22. The Kier molecular flexibility index (Phi) is 9.10. The Labute approximate surface area is 227 Å². The summed E-state index contributed by atoms with van der Waals surface area (Å²) >= 11 is 1.77. The molecule has 0 fully saturated rings. The number of carboxylic acid groups (broad SMARTS) is 1. The van der Waals surface area contributed by atoms with Gasteiger partial charge in [-0.05, 0) is 65.6 Å². The maximum Gasteiger partial charge on any atom is 0.307 e. The predicted octanol–water partition coefficient (Wildman–Crippen LogP) is 4.81. The molecule has 0 saturated carbocycles. The second-order valence-electron chi connectivity index (χ2n) is 9.23. The molecule has 0 bridgehead atoms. The highest BCUT2D eigenvalue weighted by molar-refractivity contribution is 7.98. The number of carboxylic acids is 1. The van der Waals surface area contributed by atoms with Crippen LogP contribution < -0.4 is 15.4 Å². The van der Waals surface area contributed by atoms with Gasteiger partial charge in [-0.3, -0.25) is 9.59 Å². The fourth-order valence-electron chi connectivity index (χ4n) is 4.53. The van der Waals surface area contributed by atoms with Crippen LogP contribution in [0.5, 0.6) is 5.75 Å². The molecule has 4 rings (SSSR count). The summed E-state index contributed by atoms with van der Waals surface area (Å²) in [6, 6.07) is 22.7. The van der Waals surface area contributed by atoms with Crippen molar-refractivity contribution in [2.75, 3.05) is 24.8 Å². The Morgan fingerprint density at radius 1 is 1.05 bits per heavy atom. The first kappa shape index (κ1) is 27.3. The molecule has 1 atom stereocenters. The number of likely N-dealkylation sites (N-methyl/N-ethyl adjacent to an activating group) is 1. The lowest BCUT2D eigenvalue weighted by molar-refractivity contribution is -0.136. The van der Waals surface area contributed by atoms with Crippen molar-refractivity contribution in [3.8, 4) is 5.75 Å². The Bertz CT molecular complexity index is 1400. The highest BCUT2D eigenvalue weighted by Crippen LogP contribution is 2.26. The van der Waals surface area contributed by atoms with Crippen molar-refractivity contribution in [1.82, 2.24) is 4.98 Å². The van der Waals surface area contributed by atoms with Gasteiger partial charge in [0.05, 0.1) is 19.6 Å². The number of anilines is 1. The van der Waals surface area contributed by atoms with Gasteiger partial charge in [-0.15, -0.1) is 0 Å². The lowest BCUT2D eigenvalue weighted by Crippen LogP contribution is -2.43. The van der Waals surface area contributed by atoms with E-state index in [2.05, 4.69) is 17.1 Å². The van der Waals surface area contributed by atoms with Crippen molar-refractivity contribution in [2.45, 2.75) is 31.1 Å². The molecule has 7 nitrogen and oxygen atoms in total. The standard InChI is InChI=1S/C30H33N3O4S/c1-33(22-10-12-23(37-2)13-11-22)30(36)26(31)17-21-7-5-6-20(16-21)14-15-38-19-28-25(18-29(34)35)24-8-3-4-9-27(24)32-28/h3-13,16,26,32H,14-15,17-19,31H2,1-2H3,(H,34,35)/t26-/m0/s1. The second kappa shape index (κ2) is 12.7. The van der Waals surface area contributed by atoms with Gasteiger partial charge >= 0.3 is 5.97 Å². The van der Waals surface area contributed by atoms with E-state index in [4.69, 9.17) is 10.5 Å². The van der Waals surface area contributed by atoms with Gasteiger partial charge in [-0.2, -0.15) is 11.8 Å². The van der Waals surface area contributed by atoms with Gasteiger partial charge in [0.1, 0.15) is 5.75 Å². The smallest absolute Gasteiger partial charge is 0.307 e. The average Bonchev–Trinajstić information content (AvgIpc) is 3.27. The monoisotopic (exact) mass is 531 g/mol. The molecule has 0 saturated heterocycles. The number of aromatic amines is 1. The van der Waals surface area contributed by atoms with Crippen LogP contribution in [0.2, 0.25) is 0 Å². The number of nitrogens with one attached hydrogen (secondary N) is 1. The van der Waals surface area contributed by atoms with E-state index < -0.39 is 12.0 Å². The second-order valence-corrected chi connectivity index (χ2v) is 10.3. The molecule has 1 heterocycles. The van der Waals surface area contributed by atoms with Crippen LogP contribution in [0, 0.1) is 0 Å². The van der Waals surface area contributed by atoms with Crippen LogP contribution in [0.4, 0.5) is 5.69 Å². The molecule has 0 aliphatic rings. The molecule has 1 aromatic heterocycles. The molecule has 4 N–H and O–H groups in total. The number of methoxy groups -OCH3 is 1. The molecule has 4 aromatic rings. The predicted molar refractivity (Wildman–Crippen MR) is 154 cm³/mol. The molecule has 8 heteroatoms. The lowest BCUT2D eigenvalue weighted by atomic mass is 10.0. The number of carbonyl (C=O) groups excluding carboxylic acids is 1. The van der Waals surface area contributed by atoms with E-state index in [-0.39, 0.29) is 12.3 Å². The van der Waals surface area contributed by atoms with Crippen molar-refractivity contribution >= 4 is 40.2 Å². The van der Waals surface area contributed by atoms with Gasteiger partial charge in [-0.25, -0.2) is 0 Å². The number of rotatable bonds is 12. The van der Waals surface area contributed by atoms with Crippen molar-refractivity contribution in [3.63, 3.8) is 0 Å². The fraction of sp³-hybridized carbons (Fsp3) is 0.267. The number of H-pyrrole nitrogens is 1. The zero-order chi connectivity index (χ0) is 27.1. The fourth-order valence-corrected chi connectivity index (χ4v) is 5.51. The van der Waals surface area contributed by atoms with Gasteiger partial charge in [0.2, 0.25) is 5.91 Å². The van der Waals surface area contributed by atoms with Crippen molar-refractivity contribution in [3.05, 3.63) is 95.2 Å². The molecule has 1 amide bonds. The number of ether oxygens (including phenoxy) is 1. The number of aromatic nitrogens is 1. The summed E-state index contributed by atoms with van der Waals surface area (Å²) < 4.78 is 5.18. The van der Waals surface area contributed by atoms with E-state index in [1.165, 1.54) is 5.56 Å². The minimum atomic E-state index is -0.829. The van der Waals surface area contributed by atoms with Crippen LogP contribution in [-0.2, 0) is 34.6 Å². The third-order valence-corrected chi connectivity index (χ3v) is 7.55. The minimum absolute atomic E-state index is 0.00851. The third-order valence-electron chi connectivity index (χ3n) is 6.57. The molecule has 0 radical (unpaired) electrons. The van der Waals surface area contributed by atoms with Crippen molar-refractivity contribution < 1.29 is 19.4 Å². The zero-order valence-electron chi connectivity index (χ0n) is 21.6. The summed E-state index contributed by atoms with van der Waals surface area (Å²) in [5, 5.41) is 10.3. The Morgan fingerprint density at radius 3 is 2.53 bits per heavy atom. The van der Waals surface area contributed by atoms with E-state index in [1.54, 1.807) is 30.8 Å². The molecule has 3 aromatic carbocycles. The van der Waals surface area contributed by atoms with Crippen LogP contribution in [0.1, 0.15) is 22.4 Å². The number of fused-ring (bicyclic) bond motifs is 1. The molecule has 0 spiro atoms. The zero-order valence-corrected chi connectivity index (χ0v) is 22.5. The van der Waals surface area contributed by atoms with E-state index in [9.17, 15) is 14.7 Å². The average molecular weight is 532 g/mol. The number of para-hydroxylation sites is 1. The van der Waals surface area contributed by atoms with Crippen LogP contribution in [0.3, 0.4) is 0 Å². The number of thioether (sulfide) groups is 1. The van der Waals surface area contributed by atoms with Crippen LogP contribution in [-0.4, -0.2) is 47.9 Å². The molecule has 38 heavy (non-hydrogen) atoms. The molecule has 0 unspecified atom stereocenters. The molecule has 0 aliphatic carbocycles. The summed E-state index contributed by atoms with van der Waals surface area (Å²) in [5.74, 6) is 1.36. The number of aryl methyl sites for hydroxylation is 1. The van der Waals surface area contributed by atoms with Gasteiger partial charge < -0.3 is 25.5 Å². The summed E-state index contributed by atoms with van der Waals surface area (Å²) in [7, 11) is 3.33. The summed E-state index contributed by atoms with van der Waals surface area (Å²) in [5.41, 5.74) is 12.1. The SMILES string of the molecule is COc1ccc(N(C)C(=O)[C@@H](N)Cc2cccc(CCSCc3[nH]c4ccccc4c3CC(=O)O)c2)cc1. The Balaban J connectivity index is 1.31. The number of benzene rings is 3. The topological polar surface area (TPSA) is 109 Å². The van der Waals surface area contributed by atoms with E-state index in [1.807, 2.05) is 60.7 Å². The number of nitrogens with zero attached hydrogens (tertiary/aromatic N) is 1. The maximum atomic E-state index is 12.9. The number of carbonyl (C=O) groups is 2. The highest BCUT2D eigenvalue weighted by Gasteiger charge is 2.20. The summed E-state index contributed by atoms with van der Waals surface area (Å²) in [6.07, 6.45) is 1.32. The molecular formula is C30H33N3O4S. The first-order chi connectivity index (χ1) is 18.4. The molecule has 198 valence electrons. The summed E-state index contributed by atoms with van der Waals surface area (Å²) in [4.78, 5) is 29.3. The van der Waals surface area contributed by atoms with Crippen LogP contribution in [0.15, 0.2) is 72.8 Å². The third kappa shape index (κ3) is 6.76. The van der Waals surface area contributed by atoms with Gasteiger partial charge in [0, 0.05) is 35.1 Å². The first-order valence-electron chi connectivity index (χ1n) is 12.5. The van der Waals surface area contributed by atoms with E-state index in [0.717, 1.165) is 51.3 Å². The van der Waals surface area contributed by atoms with Crippen molar-refractivity contribution in [2.24, 2.45) is 5.73 Å². The number of aliphatic carboxylic acids is 1. The number of amides is 1. The minimum Gasteiger partial charge on any atom is -0.497 e. The normalized spacial score (nSPS) is 11.9. The first-order valence-corrected chi connectivity index (χ1v) is 13.6. The highest BCUT2D eigenvalue weighted by atomic mass is 32.2. The van der Waals surface area contributed by atoms with Crippen LogP contribution in [0.25, 0.3) is 10.9 Å². The van der Waals surface area contributed by atoms with Crippen molar-refractivity contribution in [1.29, 1.82) is 0 Å². The van der Waals surface area contributed by atoms with E-state index >= 15 is 0 Å². The van der Waals surface area contributed by atoms with Gasteiger partial charge in [-0.1, -0.05) is 42.5 Å². The van der Waals surface area contributed by atoms with Crippen LogP contribution >= 0.6 is 11.8 Å². The summed E-state index contributed by atoms with van der Waals surface area (Å²) in [6.45, 7) is 0. The maximum absolute atomic E-state index is 12.9. The Hall–Kier alpha value is -3.75. The molecule has 0 aliphatic heterocycles. The Morgan fingerprint density at radius 2 is 1.79 bits per heavy atom. The quantitative estimate of drug-likeness (QED) is 0.226. The van der Waals surface area contributed by atoms with Gasteiger partial charge in [0.25, 0.3) is 0 Å². The largest absolute Gasteiger partial charge is 0.497 e. The van der Waals surface area contributed by atoms with Gasteiger partial charge in [0.15, 0.2) is 0 Å². The number of hydrogen-bond donors (Lipinski definition) is 3. The van der Waals surface area contributed by atoms with E-state index in [0.29, 0.717) is 12.2 Å². The number of nitrogens with two attached hydrogens (primary N) is 1.